The van der Waals surface area contributed by atoms with Crippen molar-refractivity contribution in [2.24, 2.45) is 0 Å². The number of rotatable bonds is 9. The Kier molecular flexibility index (Phi) is 10.8. The minimum atomic E-state index is -0.516. The van der Waals surface area contributed by atoms with Crippen molar-refractivity contribution < 1.29 is 0 Å². The fraction of sp³-hybridized carbons (Fsp3) is 0.0270. The Hall–Kier alpha value is -9.76. The molecule has 0 amide bonds. The number of allylic oxidation sites excluding steroid dienone is 4. The molecule has 0 aliphatic heterocycles. The summed E-state index contributed by atoms with van der Waals surface area (Å²) in [6.07, 6.45) is 4.67. The lowest BCUT2D eigenvalue weighted by Crippen LogP contribution is -2.27. The van der Waals surface area contributed by atoms with E-state index in [-0.39, 0.29) is 0 Å². The average molecular weight is 969 g/mol. The second kappa shape index (κ2) is 18.3. The average Bonchev–Trinajstić information content (AvgIpc) is 4.22. The van der Waals surface area contributed by atoms with Gasteiger partial charge in [-0.3, -0.25) is 0 Å². The van der Waals surface area contributed by atoms with E-state index in [1.165, 1.54) is 99.7 Å². The van der Waals surface area contributed by atoms with E-state index in [2.05, 4.69) is 302 Å². The van der Waals surface area contributed by atoms with Gasteiger partial charge in [0.1, 0.15) is 0 Å². The van der Waals surface area contributed by atoms with Gasteiger partial charge in [-0.2, -0.15) is 0 Å². The summed E-state index contributed by atoms with van der Waals surface area (Å²) < 4.78 is 2.39. The molecule has 0 N–H and O–H groups in total. The van der Waals surface area contributed by atoms with E-state index in [1.807, 2.05) is 0 Å². The van der Waals surface area contributed by atoms with Gasteiger partial charge in [-0.1, -0.05) is 231 Å². The Morgan fingerprint density at radius 1 is 0.382 bits per heavy atom. The molecule has 0 saturated heterocycles. The highest BCUT2D eigenvalue weighted by molar-refractivity contribution is 6.10. The Labute approximate surface area is 444 Å². The first-order chi connectivity index (χ1) is 37.6. The quantitative estimate of drug-likeness (QED) is 0.140. The number of fused-ring (bicyclic) bond motifs is 10. The van der Waals surface area contributed by atoms with E-state index >= 15 is 0 Å². The molecule has 2 nitrogen and oxygen atoms in total. The highest BCUT2D eigenvalue weighted by atomic mass is 15.1. The summed E-state index contributed by atoms with van der Waals surface area (Å²) in [6.45, 7) is 7.17. The van der Waals surface area contributed by atoms with Gasteiger partial charge in [0.15, 0.2) is 0 Å². The molecule has 0 unspecified atom stereocenters. The molecular weight excluding hydrogens is 917 g/mol. The zero-order chi connectivity index (χ0) is 50.7. The number of anilines is 2. The number of nitrogens with zero attached hydrogens (tertiary/aromatic N) is 2. The molecule has 12 aromatic rings. The summed E-state index contributed by atoms with van der Waals surface area (Å²) in [5.74, 6) is 0. The van der Waals surface area contributed by atoms with Crippen molar-refractivity contribution in [3.63, 3.8) is 0 Å². The van der Waals surface area contributed by atoms with Crippen molar-refractivity contribution in [3.8, 4) is 61.3 Å². The van der Waals surface area contributed by atoms with Crippen molar-refractivity contribution in [3.05, 3.63) is 325 Å². The molecular formula is C74H52N2. The van der Waals surface area contributed by atoms with Crippen LogP contribution in [0.3, 0.4) is 0 Å². The third-order valence-corrected chi connectivity index (χ3v) is 15.9. The third-order valence-electron chi connectivity index (χ3n) is 15.9. The number of hydrogen-bond acceptors (Lipinski definition) is 1. The lowest BCUT2D eigenvalue weighted by molar-refractivity contribution is 0.793. The summed E-state index contributed by atoms with van der Waals surface area (Å²) >= 11 is 0. The zero-order valence-electron chi connectivity index (χ0n) is 42.2. The normalized spacial score (nSPS) is 14.1. The van der Waals surface area contributed by atoms with Crippen LogP contribution >= 0.6 is 0 Å². The SMILES string of the molecule is C=C(C=C1/C(=C\C)c2ccccc2C12c1ccccc1-c1ccccc12)N(c1ccc(-c2ccccc2)cc1)c1cccc(-c2ccc(-c3ccc4c(c3)c3ccccc3n4-c3ccc(-c4ccccc4)cc3)cc2)c1. The van der Waals surface area contributed by atoms with E-state index in [4.69, 9.17) is 6.58 Å². The maximum Gasteiger partial charge on any atom is 0.0726 e. The van der Waals surface area contributed by atoms with Crippen LogP contribution in [0.1, 0.15) is 29.2 Å². The molecule has 0 bridgehead atoms. The van der Waals surface area contributed by atoms with Crippen LogP contribution in [0.4, 0.5) is 11.4 Å². The second-order valence-electron chi connectivity index (χ2n) is 20.0. The van der Waals surface area contributed by atoms with Crippen LogP contribution in [0.2, 0.25) is 0 Å². The van der Waals surface area contributed by atoms with Crippen molar-refractivity contribution in [1.29, 1.82) is 0 Å². The molecule has 0 radical (unpaired) electrons. The predicted octanol–water partition coefficient (Wildman–Crippen LogP) is 19.5. The van der Waals surface area contributed by atoms with Gasteiger partial charge in [-0.05, 0) is 157 Å². The molecule has 2 aliphatic carbocycles. The Bertz CT molecular complexity index is 4220. The summed E-state index contributed by atoms with van der Waals surface area (Å²) in [5, 5.41) is 2.48. The van der Waals surface area contributed by atoms with E-state index in [9.17, 15) is 0 Å². The molecule has 1 aromatic heterocycles. The van der Waals surface area contributed by atoms with Crippen LogP contribution in [-0.2, 0) is 5.41 Å². The van der Waals surface area contributed by atoms with Gasteiger partial charge < -0.3 is 9.47 Å². The van der Waals surface area contributed by atoms with Crippen molar-refractivity contribution >= 4 is 38.8 Å². The molecule has 1 heterocycles. The van der Waals surface area contributed by atoms with Gasteiger partial charge in [0.2, 0.25) is 0 Å². The standard InChI is InChI=1S/C74H52N2/c1-3-62-63-25-10-14-29-68(63)74(69-30-15-11-26-64(69)65-27-12-16-31-70(65)74)71(62)47-50(2)75(59-42-37-53(38-43-59)51-19-6-4-7-20-51)61-24-18-23-57(48-61)55-33-35-56(36-34-55)58-41-46-73-67(49-58)66-28-13-17-32-72(66)76(73)60-44-39-54(40-45-60)52-21-8-5-9-22-52/h3-49H,2H2,1H3/b62-3-,71-47?. The van der Waals surface area contributed by atoms with Gasteiger partial charge in [0.25, 0.3) is 0 Å². The van der Waals surface area contributed by atoms with Gasteiger partial charge in [-0.15, -0.1) is 0 Å². The van der Waals surface area contributed by atoms with Crippen LogP contribution in [0.25, 0.3) is 88.7 Å². The molecule has 2 heteroatoms. The summed E-state index contributed by atoms with van der Waals surface area (Å²) in [6, 6.07) is 99.6. The Morgan fingerprint density at radius 2 is 0.829 bits per heavy atom. The molecule has 0 atom stereocenters. The van der Waals surface area contributed by atoms with Gasteiger partial charge in [-0.25, -0.2) is 0 Å². The molecule has 1 spiro atoms. The number of hydrogen-bond donors (Lipinski definition) is 0. The predicted molar refractivity (Wildman–Crippen MR) is 320 cm³/mol. The summed E-state index contributed by atoms with van der Waals surface area (Å²) in [7, 11) is 0. The zero-order valence-corrected chi connectivity index (χ0v) is 42.2. The number of para-hydroxylation sites is 1. The highest BCUT2D eigenvalue weighted by Gasteiger charge is 2.53. The van der Waals surface area contributed by atoms with Crippen LogP contribution in [0.5, 0.6) is 0 Å². The first-order valence-corrected chi connectivity index (χ1v) is 26.3. The second-order valence-corrected chi connectivity index (χ2v) is 20.0. The van der Waals surface area contributed by atoms with Crippen LogP contribution in [0, 0.1) is 0 Å². The van der Waals surface area contributed by atoms with Gasteiger partial charge in [0, 0.05) is 33.5 Å². The lowest BCUT2D eigenvalue weighted by Gasteiger charge is -2.32. The lowest BCUT2D eigenvalue weighted by atomic mass is 9.70. The monoisotopic (exact) mass is 968 g/mol. The summed E-state index contributed by atoms with van der Waals surface area (Å²) in [4.78, 5) is 2.33. The maximum absolute atomic E-state index is 4.99. The molecule has 2 aliphatic rings. The topological polar surface area (TPSA) is 8.17 Å². The fourth-order valence-electron chi connectivity index (χ4n) is 12.5. The summed E-state index contributed by atoms with van der Waals surface area (Å²) in [5.41, 5.74) is 25.6. The Morgan fingerprint density at radius 3 is 1.45 bits per heavy atom. The molecule has 0 saturated carbocycles. The molecule has 14 rings (SSSR count). The smallest absolute Gasteiger partial charge is 0.0726 e. The Balaban J connectivity index is 0.844. The molecule has 76 heavy (non-hydrogen) atoms. The van der Waals surface area contributed by atoms with E-state index in [0.717, 1.165) is 33.9 Å². The maximum atomic E-state index is 4.99. The van der Waals surface area contributed by atoms with Crippen LogP contribution < -0.4 is 4.90 Å². The number of benzene rings is 11. The minimum Gasteiger partial charge on any atom is -0.311 e. The highest BCUT2D eigenvalue weighted by Crippen LogP contribution is 2.64. The molecule has 358 valence electrons. The van der Waals surface area contributed by atoms with Gasteiger partial charge in [0.05, 0.1) is 16.4 Å². The van der Waals surface area contributed by atoms with Crippen LogP contribution in [0.15, 0.2) is 303 Å². The van der Waals surface area contributed by atoms with Gasteiger partial charge >= 0.3 is 0 Å². The minimum absolute atomic E-state index is 0.516. The molecule has 0 fully saturated rings. The molecule has 11 aromatic carbocycles. The third kappa shape index (κ3) is 7.17. The fourth-order valence-corrected chi connectivity index (χ4v) is 12.5. The first-order valence-electron chi connectivity index (χ1n) is 26.3. The largest absolute Gasteiger partial charge is 0.311 e. The van der Waals surface area contributed by atoms with E-state index < -0.39 is 5.41 Å². The number of aromatic nitrogens is 1. The van der Waals surface area contributed by atoms with Crippen molar-refractivity contribution in [2.75, 3.05) is 4.90 Å². The van der Waals surface area contributed by atoms with E-state index in [0.29, 0.717) is 0 Å². The van der Waals surface area contributed by atoms with Crippen molar-refractivity contribution in [2.45, 2.75) is 12.3 Å². The van der Waals surface area contributed by atoms with Crippen molar-refractivity contribution in [1.82, 2.24) is 4.57 Å². The van der Waals surface area contributed by atoms with E-state index in [1.54, 1.807) is 0 Å². The first kappa shape index (κ1) is 44.9. The van der Waals surface area contributed by atoms with Crippen LogP contribution in [-0.4, -0.2) is 4.57 Å².